The Morgan fingerprint density at radius 3 is 2.58 bits per heavy atom. The van der Waals surface area contributed by atoms with Gasteiger partial charge in [-0.15, -0.1) is 0 Å². The lowest BCUT2D eigenvalue weighted by Crippen LogP contribution is -2.41. The number of halogens is 1. The maximum absolute atomic E-state index is 13.0. The van der Waals surface area contributed by atoms with Crippen molar-refractivity contribution in [2.75, 3.05) is 0 Å². The Morgan fingerprint density at radius 2 is 1.88 bits per heavy atom. The number of hydrogen-bond donors (Lipinski definition) is 0. The van der Waals surface area contributed by atoms with Crippen LogP contribution in [-0.2, 0) is 11.2 Å². The van der Waals surface area contributed by atoms with Crippen molar-refractivity contribution >= 4 is 17.6 Å². The first-order valence-corrected chi connectivity index (χ1v) is 8.09. The van der Waals surface area contributed by atoms with E-state index in [4.69, 9.17) is 0 Å². The number of carbonyl (C=O) groups excluding carboxylic acids is 2. The van der Waals surface area contributed by atoms with Crippen LogP contribution in [0.1, 0.15) is 41.3 Å². The zero-order chi connectivity index (χ0) is 17.2. The summed E-state index contributed by atoms with van der Waals surface area (Å²) in [5, 5.41) is 0. The number of benzene rings is 2. The molecular weight excluding hydrogens is 303 g/mol. The van der Waals surface area contributed by atoms with Crippen molar-refractivity contribution in [2.45, 2.75) is 26.2 Å². The first-order chi connectivity index (χ1) is 11.5. The molecule has 0 fully saturated rings. The predicted octanol–water partition coefficient (Wildman–Crippen LogP) is 4.63. The number of allylic oxidation sites excluding steroid dienone is 1. The standard InChI is InChI=1S/C21H19FO2/c1-15(23)21(13-4-5-16-8-10-18(22)11-9-16)14-12-17-6-2-3-7-19(17)20(21)24/h2-11H,12-14H2,1H3/b5-4+/t21-/m1/s1. The molecule has 0 spiro atoms. The summed E-state index contributed by atoms with van der Waals surface area (Å²) in [6.45, 7) is 1.50. The molecule has 0 heterocycles. The van der Waals surface area contributed by atoms with Gasteiger partial charge in [-0.2, -0.15) is 0 Å². The number of fused-ring (bicyclic) bond motifs is 1. The molecule has 3 heteroatoms. The molecule has 0 N–H and O–H groups in total. The maximum Gasteiger partial charge on any atom is 0.176 e. The quantitative estimate of drug-likeness (QED) is 0.769. The Kier molecular flexibility index (Phi) is 4.43. The molecule has 0 aliphatic heterocycles. The summed E-state index contributed by atoms with van der Waals surface area (Å²) in [4.78, 5) is 25.3. The van der Waals surface area contributed by atoms with E-state index in [1.807, 2.05) is 30.4 Å². The summed E-state index contributed by atoms with van der Waals surface area (Å²) < 4.78 is 12.9. The Labute approximate surface area is 141 Å². The molecule has 1 atom stereocenters. The van der Waals surface area contributed by atoms with Crippen LogP contribution >= 0.6 is 0 Å². The smallest absolute Gasteiger partial charge is 0.176 e. The zero-order valence-corrected chi connectivity index (χ0v) is 13.6. The predicted molar refractivity (Wildman–Crippen MR) is 92.3 cm³/mol. The second kappa shape index (κ2) is 6.52. The third kappa shape index (κ3) is 2.94. The third-order valence-electron chi connectivity index (χ3n) is 4.84. The largest absolute Gasteiger partial charge is 0.299 e. The van der Waals surface area contributed by atoms with Gasteiger partial charge in [-0.05, 0) is 49.4 Å². The van der Waals surface area contributed by atoms with E-state index in [9.17, 15) is 14.0 Å². The van der Waals surface area contributed by atoms with E-state index in [2.05, 4.69) is 0 Å². The van der Waals surface area contributed by atoms with E-state index in [1.165, 1.54) is 19.1 Å². The van der Waals surface area contributed by atoms with Gasteiger partial charge < -0.3 is 0 Å². The average Bonchev–Trinajstić information content (AvgIpc) is 2.59. The molecule has 3 rings (SSSR count). The molecule has 0 aromatic heterocycles. The molecule has 0 amide bonds. The molecule has 0 saturated carbocycles. The summed E-state index contributed by atoms with van der Waals surface area (Å²) in [6, 6.07) is 13.6. The van der Waals surface area contributed by atoms with Crippen molar-refractivity contribution in [1.29, 1.82) is 0 Å². The highest BCUT2D eigenvalue weighted by molar-refractivity contribution is 6.15. The lowest BCUT2D eigenvalue weighted by molar-refractivity contribution is -0.124. The number of ketones is 2. The molecule has 1 aliphatic rings. The van der Waals surface area contributed by atoms with Crippen LogP contribution < -0.4 is 0 Å². The summed E-state index contributed by atoms with van der Waals surface area (Å²) in [5.74, 6) is -0.460. The number of hydrogen-bond acceptors (Lipinski definition) is 2. The molecule has 2 aromatic carbocycles. The third-order valence-corrected chi connectivity index (χ3v) is 4.84. The maximum atomic E-state index is 13.0. The lowest BCUT2D eigenvalue weighted by Gasteiger charge is -2.33. The second-order valence-corrected chi connectivity index (χ2v) is 6.28. The number of aryl methyl sites for hydroxylation is 1. The molecule has 24 heavy (non-hydrogen) atoms. The van der Waals surface area contributed by atoms with E-state index >= 15 is 0 Å². The molecular formula is C21H19FO2. The Bertz CT molecular complexity index is 805. The van der Waals surface area contributed by atoms with Gasteiger partial charge in [-0.25, -0.2) is 4.39 Å². The van der Waals surface area contributed by atoms with Gasteiger partial charge in [0, 0.05) is 5.56 Å². The van der Waals surface area contributed by atoms with Crippen molar-refractivity contribution in [1.82, 2.24) is 0 Å². The number of Topliss-reactive ketones (excluding diaryl/α,β-unsaturated/α-hetero) is 2. The molecule has 0 radical (unpaired) electrons. The minimum absolute atomic E-state index is 0.0828. The van der Waals surface area contributed by atoms with Gasteiger partial charge in [-0.1, -0.05) is 48.6 Å². The fourth-order valence-electron chi connectivity index (χ4n) is 3.32. The minimum atomic E-state index is -0.981. The summed E-state index contributed by atoms with van der Waals surface area (Å²) in [5.41, 5.74) is 1.54. The Balaban J connectivity index is 1.86. The summed E-state index contributed by atoms with van der Waals surface area (Å²) in [7, 11) is 0. The van der Waals surface area contributed by atoms with Gasteiger partial charge in [0.05, 0.1) is 5.41 Å². The molecule has 2 aromatic rings. The number of carbonyl (C=O) groups is 2. The second-order valence-electron chi connectivity index (χ2n) is 6.28. The fraction of sp³-hybridized carbons (Fsp3) is 0.238. The van der Waals surface area contributed by atoms with E-state index < -0.39 is 5.41 Å². The zero-order valence-electron chi connectivity index (χ0n) is 13.6. The normalized spacial score (nSPS) is 20.2. The van der Waals surface area contributed by atoms with Crippen molar-refractivity contribution < 1.29 is 14.0 Å². The van der Waals surface area contributed by atoms with Crippen LogP contribution in [0.25, 0.3) is 6.08 Å². The van der Waals surface area contributed by atoms with Crippen LogP contribution in [0.3, 0.4) is 0 Å². The molecule has 122 valence electrons. The van der Waals surface area contributed by atoms with Gasteiger partial charge in [0.25, 0.3) is 0 Å². The van der Waals surface area contributed by atoms with Crippen LogP contribution in [0.5, 0.6) is 0 Å². The Hall–Kier alpha value is -2.55. The van der Waals surface area contributed by atoms with Crippen molar-refractivity contribution in [3.8, 4) is 0 Å². The topological polar surface area (TPSA) is 34.1 Å². The SMILES string of the molecule is CC(=O)[C@@]1(C/C=C/c2ccc(F)cc2)CCc2ccccc2C1=O. The summed E-state index contributed by atoms with van der Waals surface area (Å²) in [6.07, 6.45) is 5.31. The molecule has 0 bridgehead atoms. The highest BCUT2D eigenvalue weighted by Gasteiger charge is 2.45. The van der Waals surface area contributed by atoms with Crippen LogP contribution in [-0.4, -0.2) is 11.6 Å². The Morgan fingerprint density at radius 1 is 1.17 bits per heavy atom. The molecule has 1 aliphatic carbocycles. The van der Waals surface area contributed by atoms with Crippen LogP contribution in [0.15, 0.2) is 54.6 Å². The van der Waals surface area contributed by atoms with Crippen LogP contribution in [0.2, 0.25) is 0 Å². The van der Waals surface area contributed by atoms with Gasteiger partial charge in [-0.3, -0.25) is 9.59 Å². The number of rotatable bonds is 4. The fourth-order valence-corrected chi connectivity index (χ4v) is 3.32. The highest BCUT2D eigenvalue weighted by atomic mass is 19.1. The van der Waals surface area contributed by atoms with Gasteiger partial charge in [0.1, 0.15) is 11.6 Å². The van der Waals surface area contributed by atoms with Crippen molar-refractivity contribution in [2.24, 2.45) is 5.41 Å². The highest BCUT2D eigenvalue weighted by Crippen LogP contribution is 2.39. The van der Waals surface area contributed by atoms with Gasteiger partial charge in [0.2, 0.25) is 0 Å². The van der Waals surface area contributed by atoms with Crippen molar-refractivity contribution in [3.05, 3.63) is 77.1 Å². The lowest BCUT2D eigenvalue weighted by atomic mass is 9.66. The average molecular weight is 322 g/mol. The molecule has 0 unspecified atom stereocenters. The first-order valence-electron chi connectivity index (χ1n) is 8.09. The minimum Gasteiger partial charge on any atom is -0.299 e. The van der Waals surface area contributed by atoms with E-state index in [0.29, 0.717) is 18.4 Å². The first kappa shape index (κ1) is 16.3. The van der Waals surface area contributed by atoms with E-state index in [1.54, 1.807) is 18.2 Å². The molecule has 0 saturated heterocycles. The summed E-state index contributed by atoms with van der Waals surface area (Å²) >= 11 is 0. The van der Waals surface area contributed by atoms with E-state index in [0.717, 1.165) is 17.5 Å². The monoisotopic (exact) mass is 322 g/mol. The van der Waals surface area contributed by atoms with E-state index in [-0.39, 0.29) is 17.4 Å². The van der Waals surface area contributed by atoms with Crippen LogP contribution in [0, 0.1) is 11.2 Å². The van der Waals surface area contributed by atoms with Crippen LogP contribution in [0.4, 0.5) is 4.39 Å². The van der Waals surface area contributed by atoms with Crippen molar-refractivity contribution in [3.63, 3.8) is 0 Å². The molecule has 2 nitrogen and oxygen atoms in total. The van der Waals surface area contributed by atoms with Gasteiger partial charge >= 0.3 is 0 Å². The van der Waals surface area contributed by atoms with Gasteiger partial charge in [0.15, 0.2) is 5.78 Å².